The zero-order chi connectivity index (χ0) is 15.2. The summed E-state index contributed by atoms with van der Waals surface area (Å²) in [7, 11) is 0. The Morgan fingerprint density at radius 3 is 2.57 bits per heavy atom. The second kappa shape index (κ2) is 7.90. The molecule has 0 bridgehead atoms. The van der Waals surface area contributed by atoms with Gasteiger partial charge >= 0.3 is 0 Å². The summed E-state index contributed by atoms with van der Waals surface area (Å²) in [6, 6.07) is 5.49. The van der Waals surface area contributed by atoms with Crippen LogP contribution in [0.25, 0.3) is 0 Å². The van der Waals surface area contributed by atoms with Crippen LogP contribution < -0.4 is 0 Å². The Morgan fingerprint density at radius 2 is 2.00 bits per heavy atom. The Morgan fingerprint density at radius 1 is 1.33 bits per heavy atom. The molecule has 0 radical (unpaired) electrons. The lowest BCUT2D eigenvalue weighted by Crippen LogP contribution is -2.41. The van der Waals surface area contributed by atoms with Gasteiger partial charge in [-0.05, 0) is 59.9 Å². The molecule has 1 saturated heterocycles. The molecule has 4 nitrogen and oxygen atoms in total. The van der Waals surface area contributed by atoms with E-state index in [-0.39, 0.29) is 5.91 Å². The first-order chi connectivity index (χ1) is 10.1. The lowest BCUT2D eigenvalue weighted by Gasteiger charge is -2.34. The molecule has 1 aromatic heterocycles. The molecule has 0 saturated carbocycles. The van der Waals surface area contributed by atoms with Gasteiger partial charge in [0.15, 0.2) is 0 Å². The third-order valence-electron chi connectivity index (χ3n) is 4.25. The Kier molecular flexibility index (Phi) is 6.18. The van der Waals surface area contributed by atoms with E-state index < -0.39 is 0 Å². The van der Waals surface area contributed by atoms with Crippen molar-refractivity contribution in [2.75, 3.05) is 32.7 Å². The third kappa shape index (κ3) is 4.51. The maximum atomic E-state index is 12.4. The van der Waals surface area contributed by atoms with Crippen molar-refractivity contribution >= 4 is 21.8 Å². The number of hydrogen-bond acceptors (Lipinski definition) is 3. The average Bonchev–Trinajstić information content (AvgIpc) is 2.52. The fraction of sp³-hybridized carbons (Fsp3) is 0.625. The number of carbonyl (C=O) groups is 1. The maximum Gasteiger partial charge on any atom is 0.272 e. The molecule has 1 amide bonds. The van der Waals surface area contributed by atoms with Crippen LogP contribution in [0.3, 0.4) is 0 Å². The van der Waals surface area contributed by atoms with Crippen LogP contribution in [-0.2, 0) is 0 Å². The highest BCUT2D eigenvalue weighted by molar-refractivity contribution is 9.10. The van der Waals surface area contributed by atoms with E-state index in [1.54, 1.807) is 6.07 Å². The molecule has 0 spiro atoms. The lowest BCUT2D eigenvalue weighted by molar-refractivity contribution is 0.0663. The molecule has 1 fully saturated rings. The second-order valence-electron chi connectivity index (χ2n) is 5.57. The zero-order valence-electron chi connectivity index (χ0n) is 12.9. The van der Waals surface area contributed by atoms with Gasteiger partial charge in [0.2, 0.25) is 0 Å². The van der Waals surface area contributed by atoms with Crippen molar-refractivity contribution in [2.45, 2.75) is 26.7 Å². The van der Waals surface area contributed by atoms with E-state index in [1.807, 2.05) is 17.0 Å². The standard InChI is InChI=1S/C16H24BrN3O/c1-3-19(4-2)12-13-8-10-20(11-9-13)16(21)14-6-5-7-15(17)18-14/h5-7,13H,3-4,8-12H2,1-2H3. The van der Waals surface area contributed by atoms with Gasteiger partial charge in [-0.1, -0.05) is 19.9 Å². The topological polar surface area (TPSA) is 36.4 Å². The maximum absolute atomic E-state index is 12.4. The molecule has 0 N–H and O–H groups in total. The van der Waals surface area contributed by atoms with Crippen LogP contribution in [0.5, 0.6) is 0 Å². The number of piperidine rings is 1. The second-order valence-corrected chi connectivity index (χ2v) is 6.38. The molecule has 0 atom stereocenters. The van der Waals surface area contributed by atoms with Gasteiger partial charge < -0.3 is 9.80 Å². The van der Waals surface area contributed by atoms with Crippen molar-refractivity contribution in [3.05, 3.63) is 28.5 Å². The van der Waals surface area contributed by atoms with Gasteiger partial charge in [-0.15, -0.1) is 0 Å². The molecular weight excluding hydrogens is 330 g/mol. The Balaban J connectivity index is 1.87. The molecule has 116 valence electrons. The number of aromatic nitrogens is 1. The number of amides is 1. The minimum absolute atomic E-state index is 0.0533. The summed E-state index contributed by atoms with van der Waals surface area (Å²) in [6.07, 6.45) is 2.19. The molecule has 2 heterocycles. The summed E-state index contributed by atoms with van der Waals surface area (Å²) in [4.78, 5) is 21.1. The Labute approximate surface area is 135 Å². The van der Waals surface area contributed by atoms with E-state index in [9.17, 15) is 4.79 Å². The normalized spacial score (nSPS) is 16.5. The molecule has 0 aromatic carbocycles. The fourth-order valence-electron chi connectivity index (χ4n) is 2.85. The van der Waals surface area contributed by atoms with Crippen molar-refractivity contribution in [1.82, 2.24) is 14.8 Å². The minimum atomic E-state index is 0.0533. The molecule has 1 aliphatic heterocycles. The molecule has 2 rings (SSSR count). The Bertz CT molecular complexity index is 468. The summed E-state index contributed by atoms with van der Waals surface area (Å²) in [6.45, 7) is 9.49. The van der Waals surface area contributed by atoms with Gasteiger partial charge in [-0.3, -0.25) is 4.79 Å². The number of pyridine rings is 1. The van der Waals surface area contributed by atoms with Crippen molar-refractivity contribution in [2.24, 2.45) is 5.92 Å². The Hall–Kier alpha value is -0.940. The monoisotopic (exact) mass is 353 g/mol. The minimum Gasteiger partial charge on any atom is -0.337 e. The summed E-state index contributed by atoms with van der Waals surface area (Å²) < 4.78 is 0.713. The number of likely N-dealkylation sites (tertiary alicyclic amines) is 1. The van der Waals surface area contributed by atoms with Crippen LogP contribution in [-0.4, -0.2) is 53.4 Å². The van der Waals surface area contributed by atoms with Gasteiger partial charge in [-0.25, -0.2) is 4.98 Å². The SMILES string of the molecule is CCN(CC)CC1CCN(C(=O)c2cccc(Br)n2)CC1. The first kappa shape index (κ1) is 16.4. The molecular formula is C16H24BrN3O. The summed E-state index contributed by atoms with van der Waals surface area (Å²) >= 11 is 3.32. The molecule has 1 aromatic rings. The molecule has 1 aliphatic rings. The van der Waals surface area contributed by atoms with Gasteiger partial charge in [0.25, 0.3) is 5.91 Å². The average molecular weight is 354 g/mol. The number of hydrogen-bond donors (Lipinski definition) is 0. The van der Waals surface area contributed by atoms with Crippen LogP contribution >= 0.6 is 15.9 Å². The van der Waals surface area contributed by atoms with Gasteiger partial charge in [0.05, 0.1) is 0 Å². The lowest BCUT2D eigenvalue weighted by atomic mass is 9.96. The van der Waals surface area contributed by atoms with Crippen molar-refractivity contribution in [1.29, 1.82) is 0 Å². The number of rotatable bonds is 5. The van der Waals surface area contributed by atoms with Crippen LogP contribution in [0.15, 0.2) is 22.8 Å². The zero-order valence-corrected chi connectivity index (χ0v) is 14.5. The molecule has 21 heavy (non-hydrogen) atoms. The van der Waals surface area contributed by atoms with Crippen molar-refractivity contribution in [3.63, 3.8) is 0 Å². The smallest absolute Gasteiger partial charge is 0.272 e. The molecule has 0 aliphatic carbocycles. The van der Waals surface area contributed by atoms with E-state index in [4.69, 9.17) is 0 Å². The molecule has 0 unspecified atom stereocenters. The predicted octanol–water partition coefficient (Wildman–Crippen LogP) is 3.04. The first-order valence-electron chi connectivity index (χ1n) is 7.78. The van der Waals surface area contributed by atoms with E-state index in [1.165, 1.54) is 0 Å². The van der Waals surface area contributed by atoms with E-state index in [2.05, 4.69) is 39.7 Å². The van der Waals surface area contributed by atoms with Crippen molar-refractivity contribution < 1.29 is 4.79 Å². The third-order valence-corrected chi connectivity index (χ3v) is 4.69. The van der Waals surface area contributed by atoms with Crippen LogP contribution in [0.2, 0.25) is 0 Å². The van der Waals surface area contributed by atoms with E-state index in [0.29, 0.717) is 16.2 Å². The largest absolute Gasteiger partial charge is 0.337 e. The highest BCUT2D eigenvalue weighted by atomic mass is 79.9. The highest BCUT2D eigenvalue weighted by Crippen LogP contribution is 2.20. The highest BCUT2D eigenvalue weighted by Gasteiger charge is 2.25. The quantitative estimate of drug-likeness (QED) is 0.763. The van der Waals surface area contributed by atoms with Crippen LogP contribution in [0, 0.1) is 5.92 Å². The van der Waals surface area contributed by atoms with Gasteiger partial charge in [0, 0.05) is 19.6 Å². The van der Waals surface area contributed by atoms with Crippen molar-refractivity contribution in [3.8, 4) is 0 Å². The number of nitrogens with zero attached hydrogens (tertiary/aromatic N) is 3. The molecule has 5 heteroatoms. The van der Waals surface area contributed by atoms with Crippen LogP contribution in [0.1, 0.15) is 37.2 Å². The van der Waals surface area contributed by atoms with E-state index >= 15 is 0 Å². The number of carbonyl (C=O) groups excluding carboxylic acids is 1. The van der Waals surface area contributed by atoms with Crippen LogP contribution in [0.4, 0.5) is 0 Å². The summed E-state index contributed by atoms with van der Waals surface area (Å²) in [5, 5.41) is 0. The fourth-order valence-corrected chi connectivity index (χ4v) is 3.20. The van der Waals surface area contributed by atoms with E-state index in [0.717, 1.165) is 45.6 Å². The summed E-state index contributed by atoms with van der Waals surface area (Å²) in [5.41, 5.74) is 0.534. The predicted molar refractivity (Wildman–Crippen MR) is 88.4 cm³/mol. The first-order valence-corrected chi connectivity index (χ1v) is 8.57. The number of halogens is 1. The van der Waals surface area contributed by atoms with Gasteiger partial charge in [-0.2, -0.15) is 0 Å². The summed E-state index contributed by atoms with van der Waals surface area (Å²) in [5.74, 6) is 0.766. The van der Waals surface area contributed by atoms with Gasteiger partial charge in [0.1, 0.15) is 10.3 Å².